The van der Waals surface area contributed by atoms with Crippen LogP contribution in [0.5, 0.6) is 0 Å². The fourth-order valence-electron chi connectivity index (χ4n) is 5.70. The molecule has 4 heterocycles. The molecule has 8 heteroatoms. The smallest absolute Gasteiger partial charge is 0.343 e. The molecule has 5 fully saturated rings. The molecule has 26 heavy (non-hydrogen) atoms. The van der Waals surface area contributed by atoms with Crippen molar-refractivity contribution in [3.05, 3.63) is 0 Å². The van der Waals surface area contributed by atoms with Crippen LogP contribution in [0.4, 0.5) is 13.2 Å². The Balaban J connectivity index is 1.84. The molecule has 1 spiro atoms. The van der Waals surface area contributed by atoms with E-state index in [1.165, 1.54) is 0 Å². The van der Waals surface area contributed by atoms with Crippen molar-refractivity contribution in [1.29, 1.82) is 0 Å². The van der Waals surface area contributed by atoms with E-state index in [1.54, 1.807) is 20.8 Å². The van der Waals surface area contributed by atoms with E-state index >= 15 is 0 Å². The van der Waals surface area contributed by atoms with Crippen LogP contribution < -0.4 is 0 Å². The number of alkyl halides is 3. The summed E-state index contributed by atoms with van der Waals surface area (Å²) in [6.45, 7) is 6.80. The zero-order valence-electron chi connectivity index (χ0n) is 15.6. The number of halogens is 3. The lowest BCUT2D eigenvalue weighted by Crippen LogP contribution is -2.76. The minimum atomic E-state index is -4.68. The Labute approximate surface area is 151 Å². The lowest BCUT2D eigenvalue weighted by Gasteiger charge is -2.62. The predicted octanol–water partition coefficient (Wildman–Crippen LogP) is 4.16. The summed E-state index contributed by atoms with van der Waals surface area (Å²) in [6.07, 6.45) is -3.10. The minimum absolute atomic E-state index is 0.0193. The average Bonchev–Trinajstić information content (AvgIpc) is 2.78. The molecule has 1 aliphatic carbocycles. The van der Waals surface area contributed by atoms with Gasteiger partial charge in [-0.05, 0) is 44.9 Å². The van der Waals surface area contributed by atoms with E-state index < -0.39 is 41.5 Å². The Hall–Kier alpha value is -0.410. The molecule has 5 aliphatic rings. The quantitative estimate of drug-likeness (QED) is 0.673. The largest absolute Gasteiger partial charge is 0.443 e. The van der Waals surface area contributed by atoms with E-state index in [4.69, 9.17) is 24.0 Å². The van der Waals surface area contributed by atoms with Crippen LogP contribution >= 0.6 is 0 Å². The molecule has 5 rings (SSSR count). The first kappa shape index (κ1) is 18.9. The van der Waals surface area contributed by atoms with E-state index in [2.05, 4.69) is 6.92 Å². The maximum Gasteiger partial charge on any atom is 0.443 e. The molecule has 8 atom stereocenters. The third-order valence-corrected chi connectivity index (χ3v) is 7.01. The van der Waals surface area contributed by atoms with Crippen LogP contribution in [-0.2, 0) is 24.0 Å². The van der Waals surface area contributed by atoms with Crippen molar-refractivity contribution in [2.75, 3.05) is 6.61 Å². The van der Waals surface area contributed by atoms with Gasteiger partial charge >= 0.3 is 6.18 Å². The van der Waals surface area contributed by atoms with Gasteiger partial charge in [-0.1, -0.05) is 13.8 Å². The van der Waals surface area contributed by atoms with Gasteiger partial charge in [-0.25, -0.2) is 9.78 Å². The fraction of sp³-hybridized carbons (Fsp3) is 1.00. The molecular weight excluding hydrogens is 353 g/mol. The van der Waals surface area contributed by atoms with Crippen molar-refractivity contribution in [3.8, 4) is 0 Å². The van der Waals surface area contributed by atoms with E-state index in [0.29, 0.717) is 18.8 Å². The molecule has 1 saturated carbocycles. The highest BCUT2D eigenvalue weighted by Crippen LogP contribution is 2.64. The Morgan fingerprint density at radius 3 is 2.42 bits per heavy atom. The Bertz CT molecular complexity index is 572. The molecular formula is C18H27F3O5. The van der Waals surface area contributed by atoms with Crippen LogP contribution in [0.2, 0.25) is 0 Å². The number of hydrogen-bond acceptors (Lipinski definition) is 5. The van der Waals surface area contributed by atoms with E-state index in [9.17, 15) is 13.2 Å². The highest BCUT2D eigenvalue weighted by Gasteiger charge is 2.77. The second-order valence-electron chi connectivity index (χ2n) is 8.41. The molecule has 5 nitrogen and oxygen atoms in total. The molecule has 0 radical (unpaired) electrons. The first-order valence-electron chi connectivity index (χ1n) is 9.53. The van der Waals surface area contributed by atoms with Gasteiger partial charge < -0.3 is 14.2 Å². The minimum Gasteiger partial charge on any atom is -0.343 e. The summed E-state index contributed by atoms with van der Waals surface area (Å²) in [5.41, 5.74) is -1.03. The first-order chi connectivity index (χ1) is 12.1. The molecule has 4 aliphatic heterocycles. The van der Waals surface area contributed by atoms with Crippen LogP contribution in [0, 0.1) is 23.7 Å². The summed E-state index contributed by atoms with van der Waals surface area (Å²) in [7, 11) is 0. The van der Waals surface area contributed by atoms with Gasteiger partial charge in [-0.15, -0.1) is 0 Å². The van der Waals surface area contributed by atoms with E-state index in [-0.39, 0.29) is 12.5 Å². The molecule has 0 N–H and O–H groups in total. The van der Waals surface area contributed by atoms with Crippen LogP contribution in [0.25, 0.3) is 0 Å². The second-order valence-corrected chi connectivity index (χ2v) is 8.41. The van der Waals surface area contributed by atoms with Crippen LogP contribution in [0.3, 0.4) is 0 Å². The average molecular weight is 380 g/mol. The number of rotatable bonds is 2. The van der Waals surface area contributed by atoms with Crippen molar-refractivity contribution in [2.24, 2.45) is 23.7 Å². The first-order valence-corrected chi connectivity index (χ1v) is 9.53. The Morgan fingerprint density at radius 1 is 1.04 bits per heavy atom. The summed E-state index contributed by atoms with van der Waals surface area (Å²) in [5, 5.41) is 0. The van der Waals surface area contributed by atoms with Gasteiger partial charge in [0.25, 0.3) is 5.79 Å². The monoisotopic (exact) mass is 380 g/mol. The molecule has 4 saturated heterocycles. The van der Waals surface area contributed by atoms with Gasteiger partial charge in [-0.2, -0.15) is 13.2 Å². The molecule has 1 unspecified atom stereocenters. The SMILES string of the molecule is CCO[C@@]1(C(F)(F)F)O[C@@H]2O[C@]3(C)CC[C@H]4[C@H](C)CC[C@@H]([C@H]1C)C24OO3. The van der Waals surface area contributed by atoms with Crippen molar-refractivity contribution >= 4 is 0 Å². The standard InChI is InChI=1S/C18H27F3O5/c1-5-22-17(18(19,20)21)11(3)13-7-6-10(2)12-8-9-15(4)23-14(24-17)16(12,13)26-25-15/h10-14H,5-9H2,1-4H3/t10-,11-,12+,13+,14+,15+,16?,17-/m1/s1. The second kappa shape index (κ2) is 5.80. The highest BCUT2D eigenvalue weighted by molar-refractivity contribution is 5.12. The van der Waals surface area contributed by atoms with Crippen molar-refractivity contribution < 1.29 is 37.2 Å². The van der Waals surface area contributed by atoms with Gasteiger partial charge in [0.05, 0.1) is 0 Å². The summed E-state index contributed by atoms with van der Waals surface area (Å²) in [6, 6.07) is 0. The van der Waals surface area contributed by atoms with Crippen LogP contribution in [0.1, 0.15) is 53.4 Å². The normalized spacial score (nSPS) is 53.9. The fourth-order valence-corrected chi connectivity index (χ4v) is 5.70. The summed E-state index contributed by atoms with van der Waals surface area (Å²) in [5.74, 6) is -4.87. The Morgan fingerprint density at radius 2 is 1.77 bits per heavy atom. The zero-order chi connectivity index (χ0) is 19.0. The Kier molecular flexibility index (Phi) is 4.22. The van der Waals surface area contributed by atoms with Crippen LogP contribution in [-0.4, -0.2) is 36.2 Å². The molecule has 0 aromatic heterocycles. The molecule has 150 valence electrons. The topological polar surface area (TPSA) is 46.2 Å². The van der Waals surface area contributed by atoms with Gasteiger partial charge in [0, 0.05) is 24.9 Å². The van der Waals surface area contributed by atoms with Gasteiger partial charge in [0.1, 0.15) is 0 Å². The van der Waals surface area contributed by atoms with E-state index in [0.717, 1.165) is 12.8 Å². The molecule has 2 bridgehead atoms. The number of ether oxygens (including phenoxy) is 3. The summed E-state index contributed by atoms with van der Waals surface area (Å²) in [4.78, 5) is 11.5. The molecule has 0 amide bonds. The van der Waals surface area contributed by atoms with Crippen molar-refractivity contribution in [3.63, 3.8) is 0 Å². The van der Waals surface area contributed by atoms with Gasteiger partial charge in [0.15, 0.2) is 11.9 Å². The third-order valence-electron chi connectivity index (χ3n) is 7.01. The molecule has 0 aromatic carbocycles. The number of hydrogen-bond donors (Lipinski definition) is 0. The van der Waals surface area contributed by atoms with Crippen LogP contribution in [0.15, 0.2) is 0 Å². The summed E-state index contributed by atoms with van der Waals surface area (Å²) >= 11 is 0. The maximum atomic E-state index is 14.2. The zero-order valence-corrected chi connectivity index (χ0v) is 15.6. The molecule has 0 aromatic rings. The van der Waals surface area contributed by atoms with Crippen molar-refractivity contribution in [2.45, 2.75) is 83.0 Å². The number of fused-ring (bicyclic) bond motifs is 2. The van der Waals surface area contributed by atoms with Crippen molar-refractivity contribution in [1.82, 2.24) is 0 Å². The lowest BCUT2D eigenvalue weighted by atomic mass is 9.57. The summed E-state index contributed by atoms with van der Waals surface area (Å²) < 4.78 is 59.4. The maximum absolute atomic E-state index is 14.2. The van der Waals surface area contributed by atoms with Gasteiger partial charge in [0.2, 0.25) is 5.79 Å². The predicted molar refractivity (Wildman–Crippen MR) is 83.5 cm³/mol. The highest BCUT2D eigenvalue weighted by atomic mass is 19.4. The van der Waals surface area contributed by atoms with Gasteiger partial charge in [-0.3, -0.25) is 0 Å². The van der Waals surface area contributed by atoms with E-state index in [1.807, 2.05) is 0 Å². The third kappa shape index (κ3) is 2.28. The lowest BCUT2D eigenvalue weighted by molar-refractivity contribution is -0.598.